The molecule has 2 fully saturated rings. The first-order valence-corrected chi connectivity index (χ1v) is 6.11. The van der Waals surface area contributed by atoms with Crippen LogP contribution in [0, 0.1) is 29.6 Å². The lowest BCUT2D eigenvalue weighted by atomic mass is 9.82. The van der Waals surface area contributed by atoms with Gasteiger partial charge in [-0.05, 0) is 48.9 Å². The second kappa shape index (κ2) is 2.90. The molecule has 0 amide bonds. The molecular weight excluding hydrogens is 203 g/mol. The lowest BCUT2D eigenvalue weighted by molar-refractivity contribution is 0.299. The summed E-state index contributed by atoms with van der Waals surface area (Å²) in [6, 6.07) is 0. The maximum Gasteiger partial charge on any atom is 0.110 e. The second-order valence-electron chi connectivity index (χ2n) is 4.77. The van der Waals surface area contributed by atoms with Crippen LogP contribution in [-0.4, -0.2) is 4.84 Å². The smallest absolute Gasteiger partial charge is 0.105 e. The van der Waals surface area contributed by atoms with Gasteiger partial charge >= 0.3 is 0 Å². The van der Waals surface area contributed by atoms with Gasteiger partial charge in [-0.1, -0.05) is 12.2 Å². The summed E-state index contributed by atoms with van der Waals surface area (Å²) >= 11 is 12.1. The third kappa shape index (κ3) is 1.11. The number of fused-ring (bicyclic) bond motifs is 5. The van der Waals surface area contributed by atoms with Crippen molar-refractivity contribution in [2.75, 3.05) is 0 Å². The Hall–Kier alpha value is 0.320. The maximum atomic E-state index is 6.03. The summed E-state index contributed by atoms with van der Waals surface area (Å²) < 4.78 is 0. The Balaban J connectivity index is 1.88. The minimum absolute atomic E-state index is 0.136. The van der Waals surface area contributed by atoms with Gasteiger partial charge in [-0.15, -0.1) is 23.2 Å². The van der Waals surface area contributed by atoms with E-state index in [1.54, 1.807) is 0 Å². The van der Waals surface area contributed by atoms with E-state index in [4.69, 9.17) is 23.2 Å². The number of halogens is 2. The monoisotopic (exact) mass is 216 g/mol. The molecule has 2 heteroatoms. The molecule has 72 valence electrons. The molecule has 0 nitrogen and oxygen atoms in total. The van der Waals surface area contributed by atoms with Gasteiger partial charge in [-0.2, -0.15) is 0 Å². The minimum atomic E-state index is -0.136. The standard InChI is InChI=1S/C11H14Cl2/c12-11(13)9-4-3-8-6-1-2-7(5-6)10(8)9/h1-2,6-11H,3-5H2. The zero-order valence-electron chi connectivity index (χ0n) is 7.50. The topological polar surface area (TPSA) is 0 Å². The molecule has 2 bridgehead atoms. The fourth-order valence-electron chi connectivity index (χ4n) is 3.88. The first kappa shape index (κ1) is 8.61. The number of hydrogen-bond donors (Lipinski definition) is 0. The molecule has 0 spiro atoms. The maximum absolute atomic E-state index is 6.03. The highest BCUT2D eigenvalue weighted by Crippen LogP contribution is 2.59. The van der Waals surface area contributed by atoms with Gasteiger partial charge in [-0.3, -0.25) is 0 Å². The van der Waals surface area contributed by atoms with Crippen LogP contribution < -0.4 is 0 Å². The molecule has 5 atom stereocenters. The summed E-state index contributed by atoms with van der Waals surface area (Å²) in [4.78, 5) is -0.136. The molecule has 0 heterocycles. The second-order valence-corrected chi connectivity index (χ2v) is 5.93. The van der Waals surface area contributed by atoms with Crippen molar-refractivity contribution in [3.63, 3.8) is 0 Å². The summed E-state index contributed by atoms with van der Waals surface area (Å²) in [6.07, 6.45) is 8.82. The van der Waals surface area contributed by atoms with Crippen LogP contribution >= 0.6 is 23.2 Å². The Morgan fingerprint density at radius 3 is 2.62 bits per heavy atom. The van der Waals surface area contributed by atoms with Gasteiger partial charge in [-0.25, -0.2) is 0 Å². The molecule has 5 unspecified atom stereocenters. The van der Waals surface area contributed by atoms with Crippen molar-refractivity contribution in [2.45, 2.75) is 24.1 Å². The van der Waals surface area contributed by atoms with Crippen molar-refractivity contribution >= 4 is 23.2 Å². The molecule has 0 saturated heterocycles. The van der Waals surface area contributed by atoms with E-state index in [0.29, 0.717) is 5.92 Å². The highest BCUT2D eigenvalue weighted by Gasteiger charge is 2.52. The predicted octanol–water partition coefficient (Wildman–Crippen LogP) is 3.64. The summed E-state index contributed by atoms with van der Waals surface area (Å²) in [5, 5.41) is 0. The SMILES string of the molecule is ClC(Cl)C1CCC2C3C=CC(C3)C12. The van der Waals surface area contributed by atoms with Crippen LogP contribution in [0.25, 0.3) is 0 Å². The lowest BCUT2D eigenvalue weighted by Crippen LogP contribution is -2.23. The van der Waals surface area contributed by atoms with Crippen molar-refractivity contribution in [2.24, 2.45) is 29.6 Å². The number of alkyl halides is 2. The van der Waals surface area contributed by atoms with Gasteiger partial charge < -0.3 is 0 Å². The number of hydrogen-bond acceptors (Lipinski definition) is 0. The van der Waals surface area contributed by atoms with Crippen molar-refractivity contribution < 1.29 is 0 Å². The first-order chi connectivity index (χ1) is 6.27. The van der Waals surface area contributed by atoms with E-state index in [1.165, 1.54) is 19.3 Å². The van der Waals surface area contributed by atoms with E-state index in [0.717, 1.165) is 23.7 Å². The van der Waals surface area contributed by atoms with Gasteiger partial charge in [0.25, 0.3) is 0 Å². The number of allylic oxidation sites excluding steroid dienone is 2. The average Bonchev–Trinajstić information content (AvgIpc) is 2.76. The first-order valence-electron chi connectivity index (χ1n) is 5.24. The average molecular weight is 217 g/mol. The zero-order valence-corrected chi connectivity index (χ0v) is 9.01. The van der Waals surface area contributed by atoms with Gasteiger partial charge in [0.1, 0.15) is 4.84 Å². The van der Waals surface area contributed by atoms with Crippen molar-refractivity contribution in [1.29, 1.82) is 0 Å². The van der Waals surface area contributed by atoms with Crippen molar-refractivity contribution in [1.82, 2.24) is 0 Å². The molecule has 3 aliphatic rings. The third-order valence-electron chi connectivity index (χ3n) is 4.34. The summed E-state index contributed by atoms with van der Waals surface area (Å²) in [7, 11) is 0. The molecule has 0 aromatic rings. The third-order valence-corrected chi connectivity index (χ3v) is 4.99. The normalized spacial score (nSPS) is 52.1. The highest BCUT2D eigenvalue weighted by atomic mass is 35.5. The molecule has 3 aliphatic carbocycles. The van der Waals surface area contributed by atoms with Crippen LogP contribution in [0.2, 0.25) is 0 Å². The Kier molecular flexibility index (Phi) is 1.92. The molecule has 0 radical (unpaired) electrons. The molecular formula is C11H14Cl2. The van der Waals surface area contributed by atoms with Gasteiger partial charge in [0.15, 0.2) is 0 Å². The summed E-state index contributed by atoms with van der Waals surface area (Å²) in [6.45, 7) is 0. The van der Waals surface area contributed by atoms with Gasteiger partial charge in [0.2, 0.25) is 0 Å². The molecule has 2 saturated carbocycles. The van der Waals surface area contributed by atoms with Crippen LogP contribution in [0.1, 0.15) is 19.3 Å². The molecule has 0 aliphatic heterocycles. The van der Waals surface area contributed by atoms with Crippen molar-refractivity contribution in [3.8, 4) is 0 Å². The van der Waals surface area contributed by atoms with Gasteiger partial charge in [0, 0.05) is 0 Å². The van der Waals surface area contributed by atoms with Crippen LogP contribution in [0.5, 0.6) is 0 Å². The molecule has 0 aromatic heterocycles. The highest BCUT2D eigenvalue weighted by molar-refractivity contribution is 6.44. The van der Waals surface area contributed by atoms with Crippen LogP contribution in [0.15, 0.2) is 12.2 Å². The van der Waals surface area contributed by atoms with Gasteiger partial charge in [0.05, 0.1) is 0 Å². The van der Waals surface area contributed by atoms with E-state index < -0.39 is 0 Å². The predicted molar refractivity (Wildman–Crippen MR) is 55.9 cm³/mol. The van der Waals surface area contributed by atoms with E-state index >= 15 is 0 Å². The minimum Gasteiger partial charge on any atom is -0.105 e. The molecule has 3 rings (SSSR count). The summed E-state index contributed by atoms with van der Waals surface area (Å²) in [5.74, 6) is 3.98. The van der Waals surface area contributed by atoms with E-state index in [2.05, 4.69) is 12.2 Å². The quantitative estimate of drug-likeness (QED) is 0.464. The molecule has 0 aromatic carbocycles. The molecule has 0 N–H and O–H groups in total. The Morgan fingerprint density at radius 1 is 1.08 bits per heavy atom. The van der Waals surface area contributed by atoms with E-state index in [9.17, 15) is 0 Å². The fourth-order valence-corrected chi connectivity index (χ4v) is 4.46. The lowest BCUT2D eigenvalue weighted by Gasteiger charge is -2.26. The zero-order chi connectivity index (χ0) is 9.00. The Labute approximate surface area is 89.3 Å². The van der Waals surface area contributed by atoms with Crippen LogP contribution in [-0.2, 0) is 0 Å². The molecule has 13 heavy (non-hydrogen) atoms. The van der Waals surface area contributed by atoms with Crippen molar-refractivity contribution in [3.05, 3.63) is 12.2 Å². The summed E-state index contributed by atoms with van der Waals surface area (Å²) in [5.41, 5.74) is 0. The Morgan fingerprint density at radius 2 is 1.85 bits per heavy atom. The van der Waals surface area contributed by atoms with Crippen LogP contribution in [0.3, 0.4) is 0 Å². The fraction of sp³-hybridized carbons (Fsp3) is 0.818. The van der Waals surface area contributed by atoms with Crippen LogP contribution in [0.4, 0.5) is 0 Å². The van der Waals surface area contributed by atoms with E-state index in [1.807, 2.05) is 0 Å². The van der Waals surface area contributed by atoms with E-state index in [-0.39, 0.29) is 4.84 Å². The Bertz CT molecular complexity index is 246. The number of rotatable bonds is 1. The largest absolute Gasteiger partial charge is 0.110 e.